The number of aryl methyl sites for hydroxylation is 1. The third-order valence-electron chi connectivity index (χ3n) is 5.19. The minimum absolute atomic E-state index is 0.184. The predicted octanol–water partition coefficient (Wildman–Crippen LogP) is 4.60. The van der Waals surface area contributed by atoms with Gasteiger partial charge in [0.15, 0.2) is 9.84 Å². The minimum Gasteiger partial charge on any atom is -0.365 e. The molecule has 0 saturated carbocycles. The lowest BCUT2D eigenvalue weighted by Crippen LogP contribution is -2.14. The topological polar surface area (TPSA) is 102 Å². The number of nitrogens with zero attached hydrogens (tertiary/aromatic N) is 1. The molecule has 0 aliphatic heterocycles. The average molecular weight is 450 g/mol. The summed E-state index contributed by atoms with van der Waals surface area (Å²) in [6.07, 6.45) is 2.54. The molecule has 1 aromatic heterocycles. The highest BCUT2D eigenvalue weighted by Gasteiger charge is 2.15. The zero-order valence-electron chi connectivity index (χ0n) is 17.4. The average Bonchev–Trinajstić information content (AvgIpc) is 2.75. The number of hydrogen-bond donors (Lipinski definition) is 2. The van der Waals surface area contributed by atoms with Crippen LogP contribution in [0.3, 0.4) is 0 Å². The summed E-state index contributed by atoms with van der Waals surface area (Å²) < 4.78 is 37.4. The van der Waals surface area contributed by atoms with E-state index in [1.807, 2.05) is 12.1 Å². The zero-order chi connectivity index (χ0) is 23.0. The van der Waals surface area contributed by atoms with Crippen LogP contribution in [0.2, 0.25) is 0 Å². The number of carbonyl (C=O) groups is 1. The molecular formula is C24H20FN3O3S. The van der Waals surface area contributed by atoms with Crippen LogP contribution in [0.1, 0.15) is 15.9 Å². The van der Waals surface area contributed by atoms with E-state index in [9.17, 15) is 17.6 Å². The molecule has 3 aromatic carbocycles. The van der Waals surface area contributed by atoms with Gasteiger partial charge in [0.2, 0.25) is 0 Å². The SMILES string of the molecule is Cc1ccc(Nc2c(C(N)=O)cnc3cc(-c4ccc(S(C)(=O)=O)cc4)ccc23)cc1F. The molecule has 6 nitrogen and oxygen atoms in total. The van der Waals surface area contributed by atoms with Crippen molar-refractivity contribution in [3.8, 4) is 11.1 Å². The van der Waals surface area contributed by atoms with Gasteiger partial charge in [0.25, 0.3) is 5.91 Å². The molecule has 4 rings (SSSR count). The van der Waals surface area contributed by atoms with Crippen molar-refractivity contribution in [1.82, 2.24) is 4.98 Å². The fraction of sp³-hybridized carbons (Fsp3) is 0.0833. The number of rotatable bonds is 5. The molecule has 0 fully saturated rings. The molecule has 0 saturated heterocycles. The highest BCUT2D eigenvalue weighted by molar-refractivity contribution is 7.90. The molecule has 162 valence electrons. The first-order valence-corrected chi connectivity index (χ1v) is 11.6. The largest absolute Gasteiger partial charge is 0.365 e. The summed E-state index contributed by atoms with van der Waals surface area (Å²) in [5.74, 6) is -1.02. The number of anilines is 2. The van der Waals surface area contributed by atoms with Crippen LogP contribution in [-0.4, -0.2) is 25.6 Å². The number of primary amides is 1. The summed E-state index contributed by atoms with van der Waals surface area (Å²) in [5, 5.41) is 3.74. The molecule has 3 N–H and O–H groups in total. The maximum Gasteiger partial charge on any atom is 0.252 e. The highest BCUT2D eigenvalue weighted by Crippen LogP contribution is 2.32. The first-order valence-electron chi connectivity index (χ1n) is 9.70. The third kappa shape index (κ3) is 4.17. The molecule has 32 heavy (non-hydrogen) atoms. The predicted molar refractivity (Wildman–Crippen MR) is 123 cm³/mol. The summed E-state index contributed by atoms with van der Waals surface area (Å²) in [6.45, 7) is 1.67. The molecule has 1 amide bonds. The summed E-state index contributed by atoms with van der Waals surface area (Å²) >= 11 is 0. The van der Waals surface area contributed by atoms with E-state index in [-0.39, 0.29) is 16.3 Å². The van der Waals surface area contributed by atoms with Crippen molar-refractivity contribution in [2.45, 2.75) is 11.8 Å². The second-order valence-electron chi connectivity index (χ2n) is 7.53. The molecule has 0 aliphatic carbocycles. The van der Waals surface area contributed by atoms with Gasteiger partial charge in [0.05, 0.1) is 21.7 Å². The molecule has 1 heterocycles. The van der Waals surface area contributed by atoms with Gasteiger partial charge >= 0.3 is 0 Å². The minimum atomic E-state index is -3.28. The third-order valence-corrected chi connectivity index (χ3v) is 6.32. The van der Waals surface area contributed by atoms with Gasteiger partial charge in [-0.25, -0.2) is 12.8 Å². The maximum absolute atomic E-state index is 14.0. The summed E-state index contributed by atoms with van der Waals surface area (Å²) in [4.78, 5) is 16.6. The number of hydrogen-bond acceptors (Lipinski definition) is 5. The Morgan fingerprint density at radius 1 is 1.00 bits per heavy atom. The Labute approximate surface area is 184 Å². The van der Waals surface area contributed by atoms with Crippen LogP contribution in [0.5, 0.6) is 0 Å². The summed E-state index contributed by atoms with van der Waals surface area (Å²) in [5.41, 5.74) is 9.38. The van der Waals surface area contributed by atoms with Gasteiger partial charge in [-0.3, -0.25) is 9.78 Å². The molecular weight excluding hydrogens is 429 g/mol. The molecule has 0 bridgehead atoms. The Morgan fingerprint density at radius 2 is 1.69 bits per heavy atom. The smallest absolute Gasteiger partial charge is 0.252 e. The highest BCUT2D eigenvalue weighted by atomic mass is 32.2. The Balaban J connectivity index is 1.80. The molecule has 0 spiro atoms. The van der Waals surface area contributed by atoms with Crippen LogP contribution in [-0.2, 0) is 9.84 Å². The summed E-state index contributed by atoms with van der Waals surface area (Å²) in [6, 6.07) is 16.7. The fourth-order valence-corrected chi connectivity index (χ4v) is 4.03. The first-order chi connectivity index (χ1) is 15.1. The number of halogens is 1. The van der Waals surface area contributed by atoms with Gasteiger partial charge < -0.3 is 11.1 Å². The number of nitrogens with two attached hydrogens (primary N) is 1. The molecule has 0 unspecified atom stereocenters. The molecule has 0 aliphatic rings. The number of benzene rings is 3. The van der Waals surface area contributed by atoms with Crippen molar-refractivity contribution in [2.75, 3.05) is 11.6 Å². The Hall–Kier alpha value is -3.78. The van der Waals surface area contributed by atoms with E-state index in [4.69, 9.17) is 5.73 Å². The van der Waals surface area contributed by atoms with Crippen LogP contribution < -0.4 is 11.1 Å². The Bertz CT molecular complexity index is 1470. The van der Waals surface area contributed by atoms with Crippen molar-refractivity contribution in [2.24, 2.45) is 5.73 Å². The van der Waals surface area contributed by atoms with Crippen LogP contribution in [0, 0.1) is 12.7 Å². The fourth-order valence-electron chi connectivity index (χ4n) is 3.40. The zero-order valence-corrected chi connectivity index (χ0v) is 18.2. The second kappa shape index (κ2) is 8.05. The number of aromatic nitrogens is 1. The van der Waals surface area contributed by atoms with Crippen LogP contribution in [0.15, 0.2) is 71.8 Å². The Kier molecular flexibility index (Phi) is 5.40. The number of fused-ring (bicyclic) bond motifs is 1. The van der Waals surface area contributed by atoms with E-state index < -0.39 is 15.7 Å². The van der Waals surface area contributed by atoms with Crippen LogP contribution >= 0.6 is 0 Å². The van der Waals surface area contributed by atoms with Crippen LogP contribution in [0.4, 0.5) is 15.8 Å². The molecule has 4 aromatic rings. The lowest BCUT2D eigenvalue weighted by molar-refractivity contribution is 0.100. The van der Waals surface area contributed by atoms with Gasteiger partial charge in [0.1, 0.15) is 5.82 Å². The summed E-state index contributed by atoms with van der Waals surface area (Å²) in [7, 11) is -3.28. The van der Waals surface area contributed by atoms with Gasteiger partial charge in [-0.15, -0.1) is 0 Å². The number of sulfone groups is 1. The number of carbonyl (C=O) groups excluding carboxylic acids is 1. The van der Waals surface area contributed by atoms with Crippen molar-refractivity contribution in [3.63, 3.8) is 0 Å². The first kappa shape index (κ1) is 21.5. The standard InChI is InChI=1S/C24H20FN3O3S/c1-14-3-7-17(12-21(14)25)28-23-19-10-6-16(11-22(19)27-13-20(23)24(26)29)15-4-8-18(9-5-15)32(2,30)31/h3-13H,1-2H3,(H2,26,29)(H,27,28). The van der Waals surface area contributed by atoms with Crippen molar-refractivity contribution in [3.05, 3.63) is 83.8 Å². The van der Waals surface area contributed by atoms with Gasteiger partial charge in [-0.2, -0.15) is 0 Å². The lowest BCUT2D eigenvalue weighted by Gasteiger charge is -2.14. The maximum atomic E-state index is 14.0. The van der Waals surface area contributed by atoms with Gasteiger partial charge in [-0.05, 0) is 53.9 Å². The number of amides is 1. The van der Waals surface area contributed by atoms with Crippen LogP contribution in [0.25, 0.3) is 22.0 Å². The molecule has 8 heteroatoms. The van der Waals surface area contributed by atoms with E-state index in [0.29, 0.717) is 27.8 Å². The van der Waals surface area contributed by atoms with Crippen molar-refractivity contribution < 1.29 is 17.6 Å². The molecule has 0 atom stereocenters. The normalized spacial score (nSPS) is 11.5. The van der Waals surface area contributed by atoms with Gasteiger partial charge in [-0.1, -0.05) is 30.3 Å². The monoisotopic (exact) mass is 449 g/mol. The molecule has 0 radical (unpaired) electrons. The second-order valence-corrected chi connectivity index (χ2v) is 9.54. The van der Waals surface area contributed by atoms with E-state index in [1.54, 1.807) is 49.4 Å². The van der Waals surface area contributed by atoms with E-state index >= 15 is 0 Å². The van der Waals surface area contributed by atoms with E-state index in [0.717, 1.165) is 17.4 Å². The Morgan fingerprint density at radius 3 is 2.31 bits per heavy atom. The lowest BCUT2D eigenvalue weighted by atomic mass is 10.0. The van der Waals surface area contributed by atoms with Crippen molar-refractivity contribution >= 4 is 38.0 Å². The number of pyridine rings is 1. The quantitative estimate of drug-likeness (QED) is 0.464. The van der Waals surface area contributed by atoms with Crippen molar-refractivity contribution in [1.29, 1.82) is 0 Å². The van der Waals surface area contributed by atoms with E-state index in [1.165, 1.54) is 12.3 Å². The van der Waals surface area contributed by atoms with E-state index in [2.05, 4.69) is 10.3 Å². The van der Waals surface area contributed by atoms with Gasteiger partial charge in [0, 0.05) is 23.5 Å². The number of nitrogens with one attached hydrogen (secondary N) is 1.